The first-order valence-corrected chi connectivity index (χ1v) is 4.61. The molecular weight excluding hydrogens is 212 g/mol. The Kier molecular flexibility index (Phi) is 3.27. The van der Waals surface area contributed by atoms with Crippen LogP contribution in [0.2, 0.25) is 0 Å². The van der Waals surface area contributed by atoms with Crippen LogP contribution in [0.25, 0.3) is 5.03 Å². The predicted octanol–water partition coefficient (Wildman–Crippen LogP) is 2.64. The number of aryl methyl sites for hydroxylation is 1. The van der Waals surface area contributed by atoms with Crippen LogP contribution in [0.3, 0.4) is 0 Å². The fraction of sp³-hybridized carbons (Fsp3) is 0.0909. The monoisotopic (exact) mass is 222 g/mol. The van der Waals surface area contributed by atoms with Gasteiger partial charge in [0.25, 0.3) is 0 Å². The summed E-state index contributed by atoms with van der Waals surface area (Å²) in [6.45, 7) is 8.79. The van der Waals surface area contributed by atoms with Gasteiger partial charge in [-0.3, -0.25) is 9.79 Å². The minimum atomic E-state index is -0.498. The lowest BCUT2D eigenvalue weighted by Crippen LogP contribution is -2.12. The number of hydrogen-bond donors (Lipinski definition) is 1. The lowest BCUT2D eigenvalue weighted by atomic mass is 10.0. The zero-order valence-corrected chi connectivity index (χ0v) is 9.14. The fourth-order valence-electron chi connectivity index (χ4n) is 1.31. The van der Waals surface area contributed by atoms with E-state index in [2.05, 4.69) is 18.3 Å². The Morgan fingerprint density at radius 3 is 2.47 bits per heavy atom. The summed E-state index contributed by atoms with van der Waals surface area (Å²) < 4.78 is 0. The molecule has 1 aromatic carbocycles. The predicted molar refractivity (Wildman–Crippen MR) is 63.8 cm³/mol. The molecule has 0 aliphatic heterocycles. The van der Waals surface area contributed by atoms with E-state index in [0.717, 1.165) is 5.56 Å². The van der Waals surface area contributed by atoms with E-state index in [9.17, 15) is 4.79 Å². The van der Waals surface area contributed by atoms with Crippen LogP contribution in [0.4, 0.5) is 5.69 Å². The van der Waals surface area contributed by atoms with E-state index in [-0.39, 0.29) is 0 Å². The first kappa shape index (κ1) is 11.5. The van der Waals surface area contributed by atoms with Gasteiger partial charge in [-0.15, -0.1) is 0 Å². The largest absolute Gasteiger partial charge is 0.366 e. The summed E-state index contributed by atoms with van der Waals surface area (Å²) in [5, 5.41) is 0.305. The number of nitrogens with zero attached hydrogens (tertiary/aromatic N) is 1. The molecule has 0 atom stereocenters. The van der Waals surface area contributed by atoms with Gasteiger partial charge in [0.1, 0.15) is 0 Å². The number of carbonyl (C=O) groups excluding carboxylic acids is 1. The molecule has 0 bridgehead atoms. The third-order valence-corrected chi connectivity index (χ3v) is 2.27. The second kappa shape index (κ2) is 4.28. The lowest BCUT2D eigenvalue weighted by Gasteiger charge is -2.08. The van der Waals surface area contributed by atoms with Gasteiger partial charge in [0, 0.05) is 16.2 Å². The van der Waals surface area contributed by atoms with Crippen molar-refractivity contribution in [3.05, 3.63) is 35.4 Å². The smallest absolute Gasteiger partial charge is 0.248 e. The van der Waals surface area contributed by atoms with Gasteiger partial charge in [0.2, 0.25) is 5.91 Å². The Morgan fingerprint density at radius 2 is 2.07 bits per heavy atom. The molecule has 0 aromatic heterocycles. The van der Waals surface area contributed by atoms with E-state index in [0.29, 0.717) is 21.8 Å². The molecule has 0 heterocycles. The van der Waals surface area contributed by atoms with Crippen LogP contribution in [0, 0.1) is 6.92 Å². The van der Waals surface area contributed by atoms with Gasteiger partial charge < -0.3 is 5.73 Å². The fourth-order valence-corrected chi connectivity index (χ4v) is 1.46. The number of primary amides is 1. The number of hydrogen-bond acceptors (Lipinski definition) is 2. The zero-order valence-electron chi connectivity index (χ0n) is 8.38. The minimum Gasteiger partial charge on any atom is -0.366 e. The van der Waals surface area contributed by atoms with Crippen LogP contribution in [0.1, 0.15) is 21.5 Å². The van der Waals surface area contributed by atoms with Crippen molar-refractivity contribution in [2.45, 2.75) is 6.92 Å². The van der Waals surface area contributed by atoms with Crippen LogP contribution in [-0.2, 0) is 0 Å². The molecule has 0 fully saturated rings. The Morgan fingerprint density at radius 1 is 1.47 bits per heavy atom. The maximum absolute atomic E-state index is 11.1. The molecule has 1 aromatic rings. The summed E-state index contributed by atoms with van der Waals surface area (Å²) in [4.78, 5) is 14.9. The second-order valence-electron chi connectivity index (χ2n) is 3.11. The Labute approximate surface area is 93.3 Å². The Bertz CT molecular complexity index is 452. The van der Waals surface area contributed by atoms with Crippen molar-refractivity contribution in [3.8, 4) is 0 Å². The topological polar surface area (TPSA) is 55.4 Å². The third kappa shape index (κ3) is 2.25. The average Bonchev–Trinajstić information content (AvgIpc) is 2.16. The van der Waals surface area contributed by atoms with Crippen LogP contribution in [0.5, 0.6) is 0 Å². The average molecular weight is 223 g/mol. The molecule has 1 rings (SSSR count). The first-order chi connectivity index (χ1) is 6.97. The Balaban J connectivity index is 3.50. The van der Waals surface area contributed by atoms with E-state index in [1.807, 2.05) is 0 Å². The van der Waals surface area contributed by atoms with Gasteiger partial charge in [-0.25, -0.2) is 0 Å². The number of amides is 1. The van der Waals surface area contributed by atoms with E-state index in [1.54, 1.807) is 19.1 Å². The highest BCUT2D eigenvalue weighted by atomic mass is 35.5. The molecule has 1 amide bonds. The molecule has 0 unspecified atom stereocenters. The molecule has 0 saturated carbocycles. The first-order valence-electron chi connectivity index (χ1n) is 4.23. The molecular formula is C11H11ClN2O. The van der Waals surface area contributed by atoms with Crippen molar-refractivity contribution in [2.75, 3.05) is 0 Å². The molecule has 0 spiro atoms. The summed E-state index contributed by atoms with van der Waals surface area (Å²) in [7, 11) is 0. The van der Waals surface area contributed by atoms with Gasteiger partial charge in [-0.2, -0.15) is 0 Å². The quantitative estimate of drug-likeness (QED) is 0.786. The molecule has 0 radical (unpaired) electrons. The molecule has 3 nitrogen and oxygen atoms in total. The maximum atomic E-state index is 11.1. The molecule has 0 aliphatic carbocycles. The highest BCUT2D eigenvalue weighted by Crippen LogP contribution is 2.30. The van der Waals surface area contributed by atoms with Gasteiger partial charge in [0.05, 0.1) is 5.69 Å². The number of aliphatic imine (C=N–C) groups is 1. The highest BCUT2D eigenvalue weighted by molar-refractivity contribution is 6.48. The van der Waals surface area contributed by atoms with Gasteiger partial charge >= 0.3 is 0 Å². The Hall–Kier alpha value is -1.61. The van der Waals surface area contributed by atoms with Crippen molar-refractivity contribution in [1.82, 2.24) is 0 Å². The van der Waals surface area contributed by atoms with Crippen LogP contribution in [0.15, 0.2) is 23.7 Å². The SMILES string of the molecule is C=Nc1cc(C)c(C(N)=O)cc1C(=C)Cl. The highest BCUT2D eigenvalue weighted by Gasteiger charge is 2.11. The zero-order chi connectivity index (χ0) is 11.6. The minimum absolute atomic E-state index is 0.305. The number of nitrogens with two attached hydrogens (primary N) is 1. The lowest BCUT2D eigenvalue weighted by molar-refractivity contribution is 0.0999. The molecule has 15 heavy (non-hydrogen) atoms. The standard InChI is InChI=1S/C11H11ClN2O/c1-6-4-10(14-3)9(7(2)12)5-8(6)11(13)15/h4-5H,2-3H2,1H3,(H2,13,15). The maximum Gasteiger partial charge on any atom is 0.248 e. The van der Waals surface area contributed by atoms with E-state index in [4.69, 9.17) is 17.3 Å². The molecule has 78 valence electrons. The van der Waals surface area contributed by atoms with Gasteiger partial charge in [0.15, 0.2) is 0 Å². The van der Waals surface area contributed by atoms with E-state index in [1.165, 1.54) is 0 Å². The van der Waals surface area contributed by atoms with Gasteiger partial charge in [-0.1, -0.05) is 18.2 Å². The number of halogens is 1. The summed E-state index contributed by atoms with van der Waals surface area (Å²) in [5.74, 6) is -0.498. The van der Waals surface area contributed by atoms with E-state index < -0.39 is 5.91 Å². The second-order valence-corrected chi connectivity index (χ2v) is 3.57. The number of carbonyl (C=O) groups is 1. The van der Waals surface area contributed by atoms with Crippen molar-refractivity contribution in [2.24, 2.45) is 10.7 Å². The van der Waals surface area contributed by atoms with Crippen LogP contribution < -0.4 is 5.73 Å². The number of benzene rings is 1. The molecule has 0 saturated heterocycles. The molecule has 2 N–H and O–H groups in total. The normalized spacial score (nSPS) is 9.73. The van der Waals surface area contributed by atoms with Crippen molar-refractivity contribution in [1.29, 1.82) is 0 Å². The van der Waals surface area contributed by atoms with Crippen LogP contribution in [-0.4, -0.2) is 12.6 Å². The van der Waals surface area contributed by atoms with Crippen LogP contribution >= 0.6 is 11.6 Å². The number of rotatable bonds is 3. The van der Waals surface area contributed by atoms with Crippen molar-refractivity contribution < 1.29 is 4.79 Å². The summed E-state index contributed by atoms with van der Waals surface area (Å²) >= 11 is 5.78. The molecule has 0 aliphatic rings. The molecule has 4 heteroatoms. The summed E-state index contributed by atoms with van der Waals surface area (Å²) in [5.41, 5.74) is 7.55. The van der Waals surface area contributed by atoms with E-state index >= 15 is 0 Å². The third-order valence-electron chi connectivity index (χ3n) is 2.07. The van der Waals surface area contributed by atoms with Crippen molar-refractivity contribution in [3.63, 3.8) is 0 Å². The summed E-state index contributed by atoms with van der Waals surface area (Å²) in [6.07, 6.45) is 0. The van der Waals surface area contributed by atoms with Gasteiger partial charge in [-0.05, 0) is 31.3 Å². The van der Waals surface area contributed by atoms with Crippen molar-refractivity contribution >= 4 is 34.9 Å². The summed E-state index contributed by atoms with van der Waals surface area (Å²) in [6, 6.07) is 3.28.